The van der Waals surface area contributed by atoms with E-state index in [2.05, 4.69) is 22.8 Å². The largest absolute Gasteiger partial charge is 0.494 e. The Morgan fingerprint density at radius 2 is 1.89 bits per heavy atom. The molecule has 28 heavy (non-hydrogen) atoms. The van der Waals surface area contributed by atoms with Crippen LogP contribution in [0.3, 0.4) is 0 Å². The first-order valence-corrected chi connectivity index (χ1v) is 9.55. The standard InChI is InChI=1S/C21H24ClN3O3/c1-2-3-13-28-17-8-6-7-16(14-17)15-23-25-21(27)12-11-20(26)24-19-10-5-4-9-18(19)22/h4-10,14-15H,2-3,11-13H2,1H3,(H,24,26)(H,25,27). The average molecular weight is 402 g/mol. The van der Waals surface area contributed by atoms with E-state index in [4.69, 9.17) is 16.3 Å². The lowest BCUT2D eigenvalue weighted by molar-refractivity contribution is -0.124. The molecule has 0 saturated heterocycles. The summed E-state index contributed by atoms with van der Waals surface area (Å²) in [5, 5.41) is 7.04. The van der Waals surface area contributed by atoms with Gasteiger partial charge in [0.15, 0.2) is 0 Å². The van der Waals surface area contributed by atoms with Crippen molar-refractivity contribution in [3.63, 3.8) is 0 Å². The summed E-state index contributed by atoms with van der Waals surface area (Å²) in [6.45, 7) is 2.78. The van der Waals surface area contributed by atoms with E-state index in [9.17, 15) is 9.59 Å². The molecule has 6 nitrogen and oxygen atoms in total. The Morgan fingerprint density at radius 3 is 2.68 bits per heavy atom. The van der Waals surface area contributed by atoms with Crippen molar-refractivity contribution in [1.29, 1.82) is 0 Å². The Morgan fingerprint density at radius 1 is 1.11 bits per heavy atom. The summed E-state index contributed by atoms with van der Waals surface area (Å²) in [6.07, 6.45) is 3.66. The van der Waals surface area contributed by atoms with Gasteiger partial charge in [-0.05, 0) is 36.2 Å². The molecule has 0 radical (unpaired) electrons. The molecular weight excluding hydrogens is 378 g/mol. The maximum atomic E-state index is 11.9. The van der Waals surface area contributed by atoms with Gasteiger partial charge in [0.1, 0.15) is 5.75 Å². The van der Waals surface area contributed by atoms with Gasteiger partial charge >= 0.3 is 0 Å². The summed E-state index contributed by atoms with van der Waals surface area (Å²) in [6, 6.07) is 14.4. The van der Waals surface area contributed by atoms with Crippen molar-refractivity contribution in [3.05, 3.63) is 59.1 Å². The predicted molar refractivity (Wildman–Crippen MR) is 112 cm³/mol. The van der Waals surface area contributed by atoms with Crippen LogP contribution in [0.15, 0.2) is 53.6 Å². The van der Waals surface area contributed by atoms with Crippen molar-refractivity contribution >= 4 is 35.3 Å². The van der Waals surface area contributed by atoms with Crippen LogP contribution in [0.2, 0.25) is 5.02 Å². The molecule has 7 heteroatoms. The molecule has 0 atom stereocenters. The fourth-order valence-electron chi connectivity index (χ4n) is 2.26. The molecule has 0 bridgehead atoms. The molecule has 2 amide bonds. The van der Waals surface area contributed by atoms with E-state index >= 15 is 0 Å². The van der Waals surface area contributed by atoms with E-state index in [0.717, 1.165) is 24.2 Å². The number of anilines is 1. The van der Waals surface area contributed by atoms with Crippen LogP contribution in [0, 0.1) is 0 Å². The Kier molecular flexibility index (Phi) is 9.01. The van der Waals surface area contributed by atoms with Crippen LogP contribution in [0.4, 0.5) is 5.69 Å². The molecule has 0 aliphatic carbocycles. The second-order valence-corrected chi connectivity index (χ2v) is 6.50. The molecule has 2 rings (SSSR count). The summed E-state index contributed by atoms with van der Waals surface area (Å²) >= 11 is 5.98. The van der Waals surface area contributed by atoms with E-state index in [-0.39, 0.29) is 24.7 Å². The first-order valence-electron chi connectivity index (χ1n) is 9.17. The molecular formula is C21H24ClN3O3. The van der Waals surface area contributed by atoms with Crippen molar-refractivity contribution < 1.29 is 14.3 Å². The normalized spacial score (nSPS) is 10.6. The Bertz CT molecular complexity index is 824. The fraction of sp³-hybridized carbons (Fsp3) is 0.286. The maximum absolute atomic E-state index is 11.9. The van der Waals surface area contributed by atoms with Crippen molar-refractivity contribution in [1.82, 2.24) is 5.43 Å². The van der Waals surface area contributed by atoms with Crippen LogP contribution in [0.1, 0.15) is 38.2 Å². The number of nitrogens with zero attached hydrogens (tertiary/aromatic N) is 1. The lowest BCUT2D eigenvalue weighted by atomic mass is 10.2. The first-order chi connectivity index (χ1) is 13.6. The first kappa shape index (κ1) is 21.4. The van der Waals surface area contributed by atoms with Gasteiger partial charge in [0.2, 0.25) is 11.8 Å². The predicted octanol–water partition coefficient (Wildman–Crippen LogP) is 4.39. The van der Waals surface area contributed by atoms with Crippen LogP contribution < -0.4 is 15.5 Å². The number of hydrogen-bond acceptors (Lipinski definition) is 4. The average Bonchev–Trinajstić information content (AvgIpc) is 2.69. The zero-order chi connectivity index (χ0) is 20.2. The van der Waals surface area contributed by atoms with Crippen LogP contribution in [0.5, 0.6) is 5.75 Å². The number of nitrogens with one attached hydrogen (secondary N) is 2. The molecule has 148 valence electrons. The molecule has 0 fully saturated rings. The zero-order valence-electron chi connectivity index (χ0n) is 15.8. The van der Waals surface area contributed by atoms with Gasteiger partial charge in [-0.15, -0.1) is 0 Å². The third-order valence-corrected chi connectivity index (χ3v) is 4.08. The smallest absolute Gasteiger partial charge is 0.240 e. The van der Waals surface area contributed by atoms with Crippen molar-refractivity contribution in [3.8, 4) is 5.75 Å². The molecule has 0 aliphatic heterocycles. The van der Waals surface area contributed by atoms with E-state index in [0.29, 0.717) is 17.3 Å². The number of hydrazone groups is 1. The maximum Gasteiger partial charge on any atom is 0.240 e. The van der Waals surface area contributed by atoms with E-state index in [1.54, 1.807) is 24.3 Å². The SMILES string of the molecule is CCCCOc1cccc(C=NNC(=O)CCC(=O)Nc2ccccc2Cl)c1. The topological polar surface area (TPSA) is 79.8 Å². The van der Waals surface area contributed by atoms with Crippen LogP contribution in [-0.4, -0.2) is 24.6 Å². The molecule has 0 aromatic heterocycles. The van der Waals surface area contributed by atoms with E-state index < -0.39 is 0 Å². The monoisotopic (exact) mass is 401 g/mol. The highest BCUT2D eigenvalue weighted by Crippen LogP contribution is 2.20. The summed E-state index contributed by atoms with van der Waals surface area (Å²) < 4.78 is 5.63. The van der Waals surface area contributed by atoms with Crippen LogP contribution >= 0.6 is 11.6 Å². The number of para-hydroxylation sites is 1. The Labute approximate surface area is 169 Å². The van der Waals surface area contributed by atoms with Gasteiger partial charge in [0, 0.05) is 12.8 Å². The summed E-state index contributed by atoms with van der Waals surface area (Å²) in [5.41, 5.74) is 3.75. The number of hydrogen-bond donors (Lipinski definition) is 2. The summed E-state index contributed by atoms with van der Waals surface area (Å²) in [4.78, 5) is 23.8. The van der Waals surface area contributed by atoms with E-state index in [1.807, 2.05) is 24.3 Å². The van der Waals surface area contributed by atoms with Crippen molar-refractivity contribution in [2.45, 2.75) is 32.6 Å². The van der Waals surface area contributed by atoms with Crippen LogP contribution in [0.25, 0.3) is 0 Å². The minimum absolute atomic E-state index is 0.0216. The van der Waals surface area contributed by atoms with Gasteiger partial charge < -0.3 is 10.1 Å². The lowest BCUT2D eigenvalue weighted by Gasteiger charge is -2.06. The van der Waals surface area contributed by atoms with Crippen molar-refractivity contribution in [2.75, 3.05) is 11.9 Å². The number of amides is 2. The third-order valence-electron chi connectivity index (χ3n) is 3.75. The highest BCUT2D eigenvalue weighted by molar-refractivity contribution is 6.33. The highest BCUT2D eigenvalue weighted by atomic mass is 35.5. The quantitative estimate of drug-likeness (QED) is 0.352. The molecule has 0 heterocycles. The Hall–Kier alpha value is -2.86. The number of rotatable bonds is 10. The van der Waals surface area contributed by atoms with Gasteiger partial charge in [0.05, 0.1) is 23.5 Å². The minimum atomic E-state index is -0.346. The molecule has 0 spiro atoms. The molecule has 0 unspecified atom stereocenters. The highest BCUT2D eigenvalue weighted by Gasteiger charge is 2.08. The summed E-state index contributed by atoms with van der Waals surface area (Å²) in [5.74, 6) is 0.130. The molecule has 2 aromatic carbocycles. The van der Waals surface area contributed by atoms with E-state index in [1.165, 1.54) is 6.21 Å². The van der Waals surface area contributed by atoms with Gasteiger partial charge in [0.25, 0.3) is 0 Å². The lowest BCUT2D eigenvalue weighted by Crippen LogP contribution is -2.20. The fourth-order valence-corrected chi connectivity index (χ4v) is 2.44. The van der Waals surface area contributed by atoms with Crippen LogP contribution in [-0.2, 0) is 9.59 Å². The number of unbranched alkanes of at least 4 members (excludes halogenated alkanes) is 1. The number of halogens is 1. The number of carbonyl (C=O) groups is 2. The molecule has 0 saturated carbocycles. The van der Waals surface area contributed by atoms with Gasteiger partial charge in [-0.25, -0.2) is 5.43 Å². The minimum Gasteiger partial charge on any atom is -0.494 e. The van der Waals surface area contributed by atoms with Gasteiger partial charge in [-0.3, -0.25) is 9.59 Å². The number of ether oxygens (including phenoxy) is 1. The van der Waals surface area contributed by atoms with Crippen molar-refractivity contribution in [2.24, 2.45) is 5.10 Å². The summed E-state index contributed by atoms with van der Waals surface area (Å²) in [7, 11) is 0. The molecule has 2 N–H and O–H groups in total. The second-order valence-electron chi connectivity index (χ2n) is 6.10. The second kappa shape index (κ2) is 11.8. The number of benzene rings is 2. The Balaban J connectivity index is 1.74. The third kappa shape index (κ3) is 7.80. The van der Waals surface area contributed by atoms with Gasteiger partial charge in [-0.2, -0.15) is 5.10 Å². The number of carbonyl (C=O) groups excluding carboxylic acids is 2. The molecule has 0 aliphatic rings. The molecule has 2 aromatic rings. The van der Waals surface area contributed by atoms with Gasteiger partial charge in [-0.1, -0.05) is 49.2 Å². The zero-order valence-corrected chi connectivity index (χ0v) is 16.5.